The van der Waals surface area contributed by atoms with Gasteiger partial charge in [-0.2, -0.15) is 0 Å². The van der Waals surface area contributed by atoms with Crippen LogP contribution in [0.4, 0.5) is 0 Å². The van der Waals surface area contributed by atoms with Crippen molar-refractivity contribution in [1.82, 2.24) is 5.32 Å². The van der Waals surface area contributed by atoms with Crippen LogP contribution in [0, 0.1) is 11.8 Å². The Balaban J connectivity index is 1.85. The van der Waals surface area contributed by atoms with Gasteiger partial charge in [-0.25, -0.2) is 0 Å². The third-order valence-corrected chi connectivity index (χ3v) is 3.06. The van der Waals surface area contributed by atoms with E-state index in [1.54, 1.807) is 0 Å². The predicted octanol–water partition coefficient (Wildman–Crippen LogP) is 0.766. The standard InChI is InChI=1S/C9H14ClNO2/c10-3-9(12)11-8-5-13-4-7(8)6-1-2-6/h6-8H,1-5H2,(H,11,12). The highest BCUT2D eigenvalue weighted by atomic mass is 35.5. The molecule has 1 heterocycles. The SMILES string of the molecule is O=C(CCl)NC1COCC1C1CC1. The van der Waals surface area contributed by atoms with Crippen molar-refractivity contribution in [3.8, 4) is 0 Å². The molecule has 0 spiro atoms. The molecule has 2 aliphatic rings. The number of hydrogen-bond donors (Lipinski definition) is 1. The molecule has 0 aromatic carbocycles. The molecule has 1 aliphatic carbocycles. The molecule has 2 atom stereocenters. The lowest BCUT2D eigenvalue weighted by molar-refractivity contribution is -0.119. The van der Waals surface area contributed by atoms with E-state index in [0.29, 0.717) is 12.5 Å². The summed E-state index contributed by atoms with van der Waals surface area (Å²) < 4.78 is 5.36. The van der Waals surface area contributed by atoms with Gasteiger partial charge in [-0.1, -0.05) is 0 Å². The van der Waals surface area contributed by atoms with E-state index < -0.39 is 0 Å². The van der Waals surface area contributed by atoms with Gasteiger partial charge in [0.25, 0.3) is 0 Å². The molecular formula is C9H14ClNO2. The molecule has 4 heteroatoms. The van der Waals surface area contributed by atoms with Gasteiger partial charge in [-0.3, -0.25) is 4.79 Å². The van der Waals surface area contributed by atoms with Crippen LogP contribution in [0.5, 0.6) is 0 Å². The van der Waals surface area contributed by atoms with Crippen LogP contribution in [-0.2, 0) is 9.53 Å². The van der Waals surface area contributed by atoms with Crippen molar-refractivity contribution < 1.29 is 9.53 Å². The lowest BCUT2D eigenvalue weighted by Crippen LogP contribution is -2.41. The van der Waals surface area contributed by atoms with Gasteiger partial charge in [0.2, 0.25) is 5.91 Å². The van der Waals surface area contributed by atoms with Gasteiger partial charge in [-0.15, -0.1) is 11.6 Å². The number of rotatable bonds is 3. The van der Waals surface area contributed by atoms with Crippen molar-refractivity contribution in [3.05, 3.63) is 0 Å². The minimum absolute atomic E-state index is 0.0495. The van der Waals surface area contributed by atoms with Gasteiger partial charge in [-0.05, 0) is 18.8 Å². The summed E-state index contributed by atoms with van der Waals surface area (Å²) in [6, 6.07) is 0.207. The van der Waals surface area contributed by atoms with E-state index >= 15 is 0 Å². The molecule has 1 saturated heterocycles. The quantitative estimate of drug-likeness (QED) is 0.689. The smallest absolute Gasteiger partial charge is 0.235 e. The molecule has 2 rings (SSSR count). The van der Waals surface area contributed by atoms with Gasteiger partial charge < -0.3 is 10.1 Å². The Morgan fingerprint density at radius 3 is 2.85 bits per heavy atom. The summed E-state index contributed by atoms with van der Waals surface area (Å²) >= 11 is 5.42. The van der Waals surface area contributed by atoms with Crippen LogP contribution in [0.25, 0.3) is 0 Å². The topological polar surface area (TPSA) is 38.3 Å². The van der Waals surface area contributed by atoms with Crippen molar-refractivity contribution in [2.45, 2.75) is 18.9 Å². The number of amides is 1. The molecular weight excluding hydrogens is 190 g/mol. The lowest BCUT2D eigenvalue weighted by Gasteiger charge is -2.17. The average molecular weight is 204 g/mol. The van der Waals surface area contributed by atoms with Gasteiger partial charge in [0.1, 0.15) is 5.88 Å². The van der Waals surface area contributed by atoms with E-state index in [-0.39, 0.29) is 17.8 Å². The van der Waals surface area contributed by atoms with E-state index in [4.69, 9.17) is 16.3 Å². The number of nitrogens with one attached hydrogen (secondary N) is 1. The molecule has 74 valence electrons. The Bertz CT molecular complexity index is 206. The minimum Gasteiger partial charge on any atom is -0.379 e. The molecule has 0 radical (unpaired) electrons. The van der Waals surface area contributed by atoms with Crippen LogP contribution in [0.1, 0.15) is 12.8 Å². The third-order valence-electron chi connectivity index (χ3n) is 2.82. The Morgan fingerprint density at radius 2 is 2.23 bits per heavy atom. The van der Waals surface area contributed by atoms with Crippen molar-refractivity contribution >= 4 is 17.5 Å². The molecule has 3 nitrogen and oxygen atoms in total. The molecule has 1 aliphatic heterocycles. The summed E-state index contributed by atoms with van der Waals surface area (Å²) in [7, 11) is 0. The second-order valence-corrected chi connectivity index (χ2v) is 4.11. The van der Waals surface area contributed by atoms with Crippen molar-refractivity contribution in [2.75, 3.05) is 19.1 Å². The fourth-order valence-corrected chi connectivity index (χ4v) is 2.03. The Morgan fingerprint density at radius 1 is 1.46 bits per heavy atom. The zero-order valence-electron chi connectivity index (χ0n) is 7.46. The molecule has 0 bridgehead atoms. The number of carbonyl (C=O) groups excluding carboxylic acids is 1. The largest absolute Gasteiger partial charge is 0.379 e. The first-order valence-corrected chi connectivity index (χ1v) is 5.28. The van der Waals surface area contributed by atoms with Crippen LogP contribution < -0.4 is 5.32 Å². The van der Waals surface area contributed by atoms with Crippen molar-refractivity contribution in [1.29, 1.82) is 0 Å². The van der Waals surface area contributed by atoms with Crippen LogP contribution in [0.3, 0.4) is 0 Å². The van der Waals surface area contributed by atoms with Gasteiger partial charge in [0.05, 0.1) is 19.3 Å². The van der Waals surface area contributed by atoms with Crippen molar-refractivity contribution in [2.24, 2.45) is 11.8 Å². The minimum atomic E-state index is -0.0807. The zero-order valence-corrected chi connectivity index (χ0v) is 8.22. The Hall–Kier alpha value is -0.280. The first-order chi connectivity index (χ1) is 6.31. The third kappa shape index (κ3) is 2.15. The molecule has 2 unspecified atom stereocenters. The summed E-state index contributed by atoms with van der Waals surface area (Å²) in [4.78, 5) is 11.1. The Kier molecular flexibility index (Phi) is 2.74. The van der Waals surface area contributed by atoms with Gasteiger partial charge in [0.15, 0.2) is 0 Å². The van der Waals surface area contributed by atoms with Gasteiger partial charge in [0, 0.05) is 5.92 Å². The van der Waals surface area contributed by atoms with Crippen LogP contribution in [0.2, 0.25) is 0 Å². The first kappa shape index (κ1) is 9.28. The molecule has 0 aromatic rings. The zero-order chi connectivity index (χ0) is 9.26. The number of halogens is 1. The predicted molar refractivity (Wildman–Crippen MR) is 49.7 cm³/mol. The van der Waals surface area contributed by atoms with E-state index in [2.05, 4.69) is 5.32 Å². The highest BCUT2D eigenvalue weighted by molar-refractivity contribution is 6.27. The van der Waals surface area contributed by atoms with Crippen LogP contribution >= 0.6 is 11.6 Å². The molecule has 1 saturated carbocycles. The molecule has 1 N–H and O–H groups in total. The maximum absolute atomic E-state index is 11.1. The summed E-state index contributed by atoms with van der Waals surface area (Å²) in [5.41, 5.74) is 0. The summed E-state index contributed by atoms with van der Waals surface area (Å²) in [6.07, 6.45) is 2.59. The van der Waals surface area contributed by atoms with Crippen LogP contribution in [-0.4, -0.2) is 31.0 Å². The lowest BCUT2D eigenvalue weighted by atomic mass is 9.98. The molecule has 1 amide bonds. The molecule has 2 fully saturated rings. The maximum atomic E-state index is 11.1. The van der Waals surface area contributed by atoms with E-state index in [1.807, 2.05) is 0 Å². The van der Waals surface area contributed by atoms with Crippen molar-refractivity contribution in [3.63, 3.8) is 0 Å². The van der Waals surface area contributed by atoms with E-state index in [0.717, 1.165) is 12.5 Å². The van der Waals surface area contributed by atoms with E-state index in [1.165, 1.54) is 12.8 Å². The maximum Gasteiger partial charge on any atom is 0.235 e. The highest BCUT2D eigenvalue weighted by Gasteiger charge is 2.40. The number of alkyl halides is 1. The fraction of sp³-hybridized carbons (Fsp3) is 0.889. The molecule has 0 aromatic heterocycles. The first-order valence-electron chi connectivity index (χ1n) is 4.74. The summed E-state index contributed by atoms with van der Waals surface area (Å²) in [5, 5.41) is 2.90. The Labute approximate surface area is 82.8 Å². The van der Waals surface area contributed by atoms with E-state index in [9.17, 15) is 4.79 Å². The normalized spacial score (nSPS) is 33.3. The number of hydrogen-bond acceptors (Lipinski definition) is 2. The highest BCUT2D eigenvalue weighted by Crippen LogP contribution is 2.40. The second kappa shape index (κ2) is 3.84. The number of ether oxygens (including phenoxy) is 1. The second-order valence-electron chi connectivity index (χ2n) is 3.85. The summed E-state index contributed by atoms with van der Waals surface area (Å²) in [5.74, 6) is 1.28. The van der Waals surface area contributed by atoms with Gasteiger partial charge >= 0.3 is 0 Å². The monoisotopic (exact) mass is 203 g/mol. The summed E-state index contributed by atoms with van der Waals surface area (Å²) in [6.45, 7) is 1.46. The number of carbonyl (C=O) groups is 1. The molecule has 13 heavy (non-hydrogen) atoms. The van der Waals surface area contributed by atoms with Crippen LogP contribution in [0.15, 0.2) is 0 Å². The fourth-order valence-electron chi connectivity index (χ4n) is 1.95. The average Bonchev–Trinajstić information content (AvgIpc) is 2.88.